The fourth-order valence-electron chi connectivity index (χ4n) is 1.91. The first kappa shape index (κ1) is 13.0. The van der Waals surface area contributed by atoms with E-state index in [9.17, 15) is 9.59 Å². The largest absolute Gasteiger partial charge is 0.469 e. The summed E-state index contributed by atoms with van der Waals surface area (Å²) in [7, 11) is 1.37. The molecule has 1 heterocycles. The lowest BCUT2D eigenvalue weighted by Gasteiger charge is -2.15. The maximum Gasteiger partial charge on any atom is 0.310 e. The topological polar surface area (TPSA) is 55.8 Å². The van der Waals surface area contributed by atoms with Gasteiger partial charge in [0.1, 0.15) is 6.61 Å². The molecule has 0 aromatic carbocycles. The summed E-state index contributed by atoms with van der Waals surface area (Å²) in [5, 5.41) is 0. The molecule has 0 bridgehead atoms. The van der Waals surface area contributed by atoms with Crippen LogP contribution < -0.4 is 0 Å². The number of esters is 1. The van der Waals surface area contributed by atoms with Gasteiger partial charge in [0.15, 0.2) is 0 Å². The van der Waals surface area contributed by atoms with Crippen molar-refractivity contribution in [3.05, 3.63) is 0 Å². The summed E-state index contributed by atoms with van der Waals surface area (Å²) in [6.45, 7) is 5.46. The van der Waals surface area contributed by atoms with Gasteiger partial charge in [-0.05, 0) is 12.8 Å². The van der Waals surface area contributed by atoms with Crippen LogP contribution in [-0.4, -0.2) is 50.2 Å². The van der Waals surface area contributed by atoms with Gasteiger partial charge in [0, 0.05) is 19.7 Å². The molecule has 0 aliphatic carbocycles. The second kappa shape index (κ2) is 5.84. The first-order valence-corrected chi connectivity index (χ1v) is 5.53. The molecule has 2 atom stereocenters. The molecule has 2 unspecified atom stereocenters. The number of ether oxygens (including phenoxy) is 2. The highest BCUT2D eigenvalue weighted by Gasteiger charge is 2.37. The van der Waals surface area contributed by atoms with E-state index in [0.717, 1.165) is 0 Å². The lowest BCUT2D eigenvalue weighted by Crippen LogP contribution is -2.33. The van der Waals surface area contributed by atoms with E-state index in [-0.39, 0.29) is 30.3 Å². The van der Waals surface area contributed by atoms with Crippen LogP contribution in [0.3, 0.4) is 0 Å². The molecule has 5 nitrogen and oxygen atoms in total. The van der Waals surface area contributed by atoms with E-state index >= 15 is 0 Å². The van der Waals surface area contributed by atoms with Crippen LogP contribution in [0.4, 0.5) is 0 Å². The van der Waals surface area contributed by atoms with Gasteiger partial charge in [-0.2, -0.15) is 0 Å². The minimum Gasteiger partial charge on any atom is -0.469 e. The Labute approximate surface area is 95.7 Å². The van der Waals surface area contributed by atoms with Gasteiger partial charge in [0.05, 0.1) is 13.0 Å². The number of nitrogens with zero attached hydrogens (tertiary/aromatic N) is 1. The Kier molecular flexibility index (Phi) is 4.73. The molecule has 5 heteroatoms. The molecule has 92 valence electrons. The van der Waals surface area contributed by atoms with Crippen molar-refractivity contribution in [1.29, 1.82) is 0 Å². The highest BCUT2D eigenvalue weighted by molar-refractivity contribution is 5.80. The van der Waals surface area contributed by atoms with Gasteiger partial charge in [0.2, 0.25) is 5.91 Å². The molecule has 1 rings (SSSR count). The summed E-state index contributed by atoms with van der Waals surface area (Å²) < 4.78 is 9.76. The summed E-state index contributed by atoms with van der Waals surface area (Å²) in [5.74, 6) is -0.340. The molecule has 0 saturated carbocycles. The Hall–Kier alpha value is -1.10. The van der Waals surface area contributed by atoms with Gasteiger partial charge >= 0.3 is 5.97 Å². The lowest BCUT2D eigenvalue weighted by atomic mass is 9.99. The van der Waals surface area contributed by atoms with E-state index in [1.807, 2.05) is 13.8 Å². The molecule has 0 radical (unpaired) electrons. The van der Waals surface area contributed by atoms with Gasteiger partial charge < -0.3 is 14.4 Å². The van der Waals surface area contributed by atoms with Crippen LogP contribution in [0.2, 0.25) is 0 Å². The van der Waals surface area contributed by atoms with Crippen LogP contribution in [0.1, 0.15) is 13.8 Å². The molecule has 16 heavy (non-hydrogen) atoms. The summed E-state index contributed by atoms with van der Waals surface area (Å²) >= 11 is 0. The SMILES string of the molecule is CCOCC(=O)N1CC(C)C(C(=O)OC)C1. The molecule has 1 aliphatic heterocycles. The number of carbonyl (C=O) groups is 2. The third-order valence-electron chi connectivity index (χ3n) is 2.90. The average Bonchev–Trinajstić information content (AvgIpc) is 2.67. The Morgan fingerprint density at radius 1 is 1.38 bits per heavy atom. The fourth-order valence-corrected chi connectivity index (χ4v) is 1.91. The number of hydrogen-bond donors (Lipinski definition) is 0. The van der Waals surface area contributed by atoms with E-state index in [4.69, 9.17) is 9.47 Å². The molecule has 0 spiro atoms. The molecule has 0 aromatic heterocycles. The zero-order valence-corrected chi connectivity index (χ0v) is 10.1. The average molecular weight is 229 g/mol. The number of amides is 1. The number of hydrogen-bond acceptors (Lipinski definition) is 4. The summed E-state index contributed by atoms with van der Waals surface area (Å²) in [4.78, 5) is 24.7. The normalized spacial score (nSPS) is 24.6. The van der Waals surface area contributed by atoms with Crippen LogP contribution in [-0.2, 0) is 19.1 Å². The first-order chi connectivity index (χ1) is 7.60. The van der Waals surface area contributed by atoms with Crippen molar-refractivity contribution < 1.29 is 19.1 Å². The maximum absolute atomic E-state index is 11.7. The Bertz CT molecular complexity index is 267. The Morgan fingerprint density at radius 3 is 2.62 bits per heavy atom. The van der Waals surface area contributed by atoms with Crippen LogP contribution in [0.5, 0.6) is 0 Å². The van der Waals surface area contributed by atoms with Gasteiger partial charge in [0.25, 0.3) is 0 Å². The molecule has 1 aliphatic rings. The fraction of sp³-hybridized carbons (Fsp3) is 0.818. The lowest BCUT2D eigenvalue weighted by molar-refractivity contribution is -0.146. The minimum absolute atomic E-state index is 0.0555. The van der Waals surface area contributed by atoms with Gasteiger partial charge in [-0.15, -0.1) is 0 Å². The zero-order valence-electron chi connectivity index (χ0n) is 10.1. The van der Waals surface area contributed by atoms with E-state index in [1.165, 1.54) is 7.11 Å². The third-order valence-corrected chi connectivity index (χ3v) is 2.90. The highest BCUT2D eigenvalue weighted by atomic mass is 16.5. The van der Waals surface area contributed by atoms with E-state index in [0.29, 0.717) is 19.7 Å². The van der Waals surface area contributed by atoms with Crippen LogP contribution in [0, 0.1) is 11.8 Å². The maximum atomic E-state index is 11.7. The molecular weight excluding hydrogens is 210 g/mol. The van der Waals surface area contributed by atoms with Crippen LogP contribution in [0.25, 0.3) is 0 Å². The second-order valence-corrected chi connectivity index (χ2v) is 4.04. The van der Waals surface area contributed by atoms with Crippen molar-refractivity contribution in [3.63, 3.8) is 0 Å². The molecule has 0 N–H and O–H groups in total. The minimum atomic E-state index is -0.237. The number of likely N-dealkylation sites (tertiary alicyclic amines) is 1. The molecule has 0 aromatic rings. The standard InChI is InChI=1S/C11H19NO4/c1-4-16-7-10(13)12-5-8(2)9(6-12)11(14)15-3/h8-9H,4-7H2,1-3H3. The van der Waals surface area contributed by atoms with Crippen molar-refractivity contribution in [1.82, 2.24) is 4.90 Å². The van der Waals surface area contributed by atoms with Crippen molar-refractivity contribution in [2.75, 3.05) is 33.4 Å². The first-order valence-electron chi connectivity index (χ1n) is 5.53. The summed E-state index contributed by atoms with van der Waals surface area (Å²) in [6.07, 6.45) is 0. The van der Waals surface area contributed by atoms with E-state index in [2.05, 4.69) is 0 Å². The highest BCUT2D eigenvalue weighted by Crippen LogP contribution is 2.23. The summed E-state index contributed by atoms with van der Waals surface area (Å²) in [6, 6.07) is 0. The predicted molar refractivity (Wildman–Crippen MR) is 57.7 cm³/mol. The zero-order chi connectivity index (χ0) is 12.1. The van der Waals surface area contributed by atoms with Crippen molar-refractivity contribution in [2.45, 2.75) is 13.8 Å². The number of carbonyl (C=O) groups excluding carboxylic acids is 2. The summed E-state index contributed by atoms with van der Waals surface area (Å²) in [5.41, 5.74) is 0. The van der Waals surface area contributed by atoms with E-state index < -0.39 is 0 Å². The Morgan fingerprint density at radius 2 is 2.06 bits per heavy atom. The second-order valence-electron chi connectivity index (χ2n) is 4.04. The molecule has 1 saturated heterocycles. The van der Waals surface area contributed by atoms with Crippen molar-refractivity contribution >= 4 is 11.9 Å². The molecule has 1 amide bonds. The number of rotatable bonds is 4. The Balaban J connectivity index is 2.49. The van der Waals surface area contributed by atoms with Crippen LogP contribution in [0.15, 0.2) is 0 Å². The molecular formula is C11H19NO4. The molecule has 1 fully saturated rings. The van der Waals surface area contributed by atoms with Gasteiger partial charge in [-0.1, -0.05) is 6.92 Å². The van der Waals surface area contributed by atoms with Crippen LogP contribution >= 0.6 is 0 Å². The third kappa shape index (κ3) is 2.95. The van der Waals surface area contributed by atoms with Gasteiger partial charge in [-0.25, -0.2) is 0 Å². The van der Waals surface area contributed by atoms with Gasteiger partial charge in [-0.3, -0.25) is 9.59 Å². The van der Waals surface area contributed by atoms with Crippen molar-refractivity contribution in [2.24, 2.45) is 11.8 Å². The van der Waals surface area contributed by atoms with E-state index in [1.54, 1.807) is 4.90 Å². The smallest absolute Gasteiger partial charge is 0.310 e. The predicted octanol–water partition coefficient (Wildman–Crippen LogP) is 0.290. The number of methoxy groups -OCH3 is 1. The monoisotopic (exact) mass is 229 g/mol. The quantitative estimate of drug-likeness (QED) is 0.650. The van der Waals surface area contributed by atoms with Crippen molar-refractivity contribution in [3.8, 4) is 0 Å².